The topological polar surface area (TPSA) is 76.1 Å². The molecule has 0 aliphatic carbocycles. The lowest BCUT2D eigenvalue weighted by Gasteiger charge is -2.36. The molecule has 6 heteroatoms. The maximum atomic E-state index is 12.8. The van der Waals surface area contributed by atoms with Crippen LogP contribution in [0.3, 0.4) is 0 Å². The van der Waals surface area contributed by atoms with Crippen LogP contribution in [0.2, 0.25) is 0 Å². The van der Waals surface area contributed by atoms with Crippen LogP contribution < -0.4 is 0 Å². The Labute approximate surface area is 154 Å². The highest BCUT2D eigenvalue weighted by molar-refractivity contribution is 5.79. The van der Waals surface area contributed by atoms with Crippen molar-refractivity contribution in [3.63, 3.8) is 0 Å². The maximum Gasteiger partial charge on any atom is 0.334 e. The van der Waals surface area contributed by atoms with E-state index in [0.717, 1.165) is 31.2 Å². The standard InChI is InChI=1S/C20H27NO5/c1-13(22)19(23)25-12-18(14-6-4-3-5-7-14)20(24)26-17-10-15-8-9-16(11-17)21(15)2/h3-7,13,15-18,22H,8-12H2,1-2H3/t13?,15-,16+,17?,18?. The fraction of sp³-hybridized carbons (Fsp3) is 0.600. The Hall–Kier alpha value is -1.92. The van der Waals surface area contributed by atoms with Crippen LogP contribution in [0.25, 0.3) is 0 Å². The Kier molecular flexibility index (Phi) is 5.94. The highest BCUT2D eigenvalue weighted by atomic mass is 16.6. The number of benzene rings is 1. The van der Waals surface area contributed by atoms with Crippen molar-refractivity contribution in [1.29, 1.82) is 0 Å². The van der Waals surface area contributed by atoms with Gasteiger partial charge in [0.15, 0.2) is 0 Å². The minimum absolute atomic E-state index is 0.0881. The molecule has 2 fully saturated rings. The summed E-state index contributed by atoms with van der Waals surface area (Å²) in [7, 11) is 2.14. The van der Waals surface area contributed by atoms with Crippen molar-refractivity contribution >= 4 is 11.9 Å². The lowest BCUT2D eigenvalue weighted by atomic mass is 9.98. The number of aliphatic hydroxyl groups is 1. The summed E-state index contributed by atoms with van der Waals surface area (Å²) in [5, 5.41) is 9.30. The largest absolute Gasteiger partial charge is 0.463 e. The molecule has 142 valence electrons. The number of hydrogen-bond acceptors (Lipinski definition) is 6. The number of aliphatic hydroxyl groups excluding tert-OH is 1. The van der Waals surface area contributed by atoms with Crippen LogP contribution in [0.15, 0.2) is 30.3 Å². The lowest BCUT2D eigenvalue weighted by molar-refractivity contribution is -0.160. The van der Waals surface area contributed by atoms with Gasteiger partial charge < -0.3 is 19.5 Å². The zero-order chi connectivity index (χ0) is 18.7. The van der Waals surface area contributed by atoms with Crippen LogP contribution in [0.5, 0.6) is 0 Å². The number of ether oxygens (including phenoxy) is 2. The van der Waals surface area contributed by atoms with E-state index in [4.69, 9.17) is 9.47 Å². The van der Waals surface area contributed by atoms with Gasteiger partial charge in [0.1, 0.15) is 24.7 Å². The average Bonchev–Trinajstić information content (AvgIpc) is 2.83. The molecule has 2 heterocycles. The number of esters is 2. The molecule has 0 aromatic heterocycles. The third-order valence-corrected chi connectivity index (χ3v) is 5.56. The van der Waals surface area contributed by atoms with Gasteiger partial charge in [-0.1, -0.05) is 30.3 Å². The summed E-state index contributed by atoms with van der Waals surface area (Å²) in [5.41, 5.74) is 0.742. The van der Waals surface area contributed by atoms with E-state index < -0.39 is 18.0 Å². The van der Waals surface area contributed by atoms with Crippen molar-refractivity contribution in [2.45, 2.75) is 62.8 Å². The smallest absolute Gasteiger partial charge is 0.334 e. The Morgan fingerprint density at radius 1 is 1.15 bits per heavy atom. The molecule has 2 aliphatic heterocycles. The molecule has 0 amide bonds. The fourth-order valence-corrected chi connectivity index (χ4v) is 3.98. The summed E-state index contributed by atoms with van der Waals surface area (Å²) in [6.07, 6.45) is 2.72. The number of fused-ring (bicyclic) bond motifs is 2. The zero-order valence-electron chi connectivity index (χ0n) is 15.3. The number of carbonyl (C=O) groups is 2. The Morgan fingerprint density at radius 3 is 2.35 bits per heavy atom. The summed E-state index contributed by atoms with van der Waals surface area (Å²) in [5.74, 6) is -1.80. The van der Waals surface area contributed by atoms with Gasteiger partial charge >= 0.3 is 11.9 Å². The number of carbonyl (C=O) groups excluding carboxylic acids is 2. The van der Waals surface area contributed by atoms with Gasteiger partial charge in [-0.05, 0) is 45.2 Å². The summed E-state index contributed by atoms with van der Waals surface area (Å²) in [6, 6.07) is 10.1. The van der Waals surface area contributed by atoms with E-state index in [1.54, 1.807) is 0 Å². The summed E-state index contributed by atoms with van der Waals surface area (Å²) < 4.78 is 10.9. The normalized spacial score (nSPS) is 27.6. The highest BCUT2D eigenvalue weighted by Crippen LogP contribution is 2.36. The molecule has 3 unspecified atom stereocenters. The van der Waals surface area contributed by atoms with E-state index >= 15 is 0 Å². The molecule has 2 bridgehead atoms. The van der Waals surface area contributed by atoms with Gasteiger partial charge in [0.2, 0.25) is 0 Å². The SMILES string of the molecule is CC(O)C(=O)OCC(C(=O)OC1C[C@H]2CC[C@@H](C1)N2C)c1ccccc1. The zero-order valence-corrected chi connectivity index (χ0v) is 15.3. The first kappa shape index (κ1) is 18.9. The molecule has 0 spiro atoms. The van der Waals surface area contributed by atoms with Crippen LogP contribution >= 0.6 is 0 Å². The van der Waals surface area contributed by atoms with Crippen molar-refractivity contribution in [2.24, 2.45) is 0 Å². The van der Waals surface area contributed by atoms with Crippen LogP contribution in [0.1, 0.15) is 44.1 Å². The molecule has 0 radical (unpaired) electrons. The first-order valence-electron chi connectivity index (χ1n) is 9.27. The predicted octanol–water partition coefficient (Wildman–Crippen LogP) is 1.86. The second-order valence-electron chi connectivity index (χ2n) is 7.35. The van der Waals surface area contributed by atoms with Crippen LogP contribution in [0.4, 0.5) is 0 Å². The molecule has 2 saturated heterocycles. The van der Waals surface area contributed by atoms with Crippen molar-refractivity contribution < 1.29 is 24.2 Å². The van der Waals surface area contributed by atoms with Gasteiger partial charge in [-0.25, -0.2) is 4.79 Å². The van der Waals surface area contributed by atoms with Gasteiger partial charge in [0, 0.05) is 12.1 Å². The quantitative estimate of drug-likeness (QED) is 0.780. The third kappa shape index (κ3) is 4.24. The number of nitrogens with zero attached hydrogens (tertiary/aromatic N) is 1. The molecule has 1 aromatic carbocycles. The molecule has 3 rings (SSSR count). The van der Waals surface area contributed by atoms with E-state index in [1.165, 1.54) is 6.92 Å². The Bertz CT molecular complexity index is 618. The lowest BCUT2D eigenvalue weighted by Crippen LogP contribution is -2.44. The van der Waals surface area contributed by atoms with Gasteiger partial charge in [-0.2, -0.15) is 0 Å². The van der Waals surface area contributed by atoms with E-state index in [2.05, 4.69) is 11.9 Å². The van der Waals surface area contributed by atoms with Gasteiger partial charge in [-0.3, -0.25) is 4.79 Å². The van der Waals surface area contributed by atoms with Gasteiger partial charge in [0.05, 0.1) is 0 Å². The molecule has 5 atom stereocenters. The van der Waals surface area contributed by atoms with E-state index in [1.807, 2.05) is 30.3 Å². The van der Waals surface area contributed by atoms with Crippen LogP contribution in [-0.2, 0) is 19.1 Å². The molecule has 6 nitrogen and oxygen atoms in total. The Morgan fingerprint density at radius 2 is 1.77 bits per heavy atom. The summed E-state index contributed by atoms with van der Waals surface area (Å²) in [4.78, 5) is 26.8. The second-order valence-corrected chi connectivity index (χ2v) is 7.35. The first-order valence-corrected chi connectivity index (χ1v) is 9.27. The van der Waals surface area contributed by atoms with Gasteiger partial charge in [-0.15, -0.1) is 0 Å². The molecular weight excluding hydrogens is 334 g/mol. The second kappa shape index (κ2) is 8.18. The molecule has 0 saturated carbocycles. The monoisotopic (exact) mass is 361 g/mol. The third-order valence-electron chi connectivity index (χ3n) is 5.56. The fourth-order valence-electron chi connectivity index (χ4n) is 3.98. The molecule has 1 aromatic rings. The van der Waals surface area contributed by atoms with Crippen LogP contribution in [-0.4, -0.2) is 59.9 Å². The van der Waals surface area contributed by atoms with E-state index in [-0.39, 0.29) is 18.7 Å². The van der Waals surface area contributed by atoms with Crippen LogP contribution in [0, 0.1) is 0 Å². The molecular formula is C20H27NO5. The average molecular weight is 361 g/mol. The molecule has 2 aliphatic rings. The first-order chi connectivity index (χ1) is 12.5. The minimum atomic E-state index is -1.22. The van der Waals surface area contributed by atoms with Gasteiger partial charge in [0.25, 0.3) is 0 Å². The Balaban J connectivity index is 1.66. The minimum Gasteiger partial charge on any atom is -0.463 e. The van der Waals surface area contributed by atoms with Crippen molar-refractivity contribution in [3.05, 3.63) is 35.9 Å². The van der Waals surface area contributed by atoms with Crippen molar-refractivity contribution in [1.82, 2.24) is 4.90 Å². The predicted molar refractivity (Wildman–Crippen MR) is 95.5 cm³/mol. The van der Waals surface area contributed by atoms with E-state index in [0.29, 0.717) is 12.1 Å². The maximum absolute atomic E-state index is 12.8. The number of rotatable bonds is 6. The number of piperidine rings is 1. The molecule has 26 heavy (non-hydrogen) atoms. The highest BCUT2D eigenvalue weighted by Gasteiger charge is 2.40. The molecule has 1 N–H and O–H groups in total. The van der Waals surface area contributed by atoms with E-state index in [9.17, 15) is 14.7 Å². The summed E-state index contributed by atoms with van der Waals surface area (Å²) >= 11 is 0. The van der Waals surface area contributed by atoms with Crippen molar-refractivity contribution in [3.8, 4) is 0 Å². The summed E-state index contributed by atoms with van der Waals surface area (Å²) in [6.45, 7) is 1.21. The van der Waals surface area contributed by atoms with Crippen molar-refractivity contribution in [2.75, 3.05) is 13.7 Å². The number of hydrogen-bond donors (Lipinski definition) is 1.